The topological polar surface area (TPSA) is 91.2 Å². The lowest BCUT2D eigenvalue weighted by Crippen LogP contribution is -2.52. The standard InChI is InChI=1S/C23H26ClN5O4S/c1-16-2-4-18(19(24)14-16)22(30)25-23(34)28-8-6-26(7-9-28)17-3-5-20(29(31)32)21(15-17)27-10-12-33-13-11-27/h2-5,14-15H,6-13H2,1H3,(H,25,30,34). The van der Waals surface area contributed by atoms with E-state index < -0.39 is 0 Å². The van der Waals surface area contributed by atoms with Crippen molar-refractivity contribution in [3.8, 4) is 0 Å². The van der Waals surface area contributed by atoms with Gasteiger partial charge in [-0.05, 0) is 49.0 Å². The number of carbonyl (C=O) groups is 1. The van der Waals surface area contributed by atoms with E-state index >= 15 is 0 Å². The molecule has 34 heavy (non-hydrogen) atoms. The Labute approximate surface area is 208 Å². The van der Waals surface area contributed by atoms with Crippen molar-refractivity contribution in [3.05, 3.63) is 62.7 Å². The first-order chi connectivity index (χ1) is 16.3. The fourth-order valence-electron chi connectivity index (χ4n) is 4.14. The van der Waals surface area contributed by atoms with Gasteiger partial charge >= 0.3 is 0 Å². The number of anilines is 2. The number of nitrogens with zero attached hydrogens (tertiary/aromatic N) is 4. The van der Waals surface area contributed by atoms with Gasteiger partial charge in [-0.2, -0.15) is 0 Å². The highest BCUT2D eigenvalue weighted by Crippen LogP contribution is 2.33. The third-order valence-electron chi connectivity index (χ3n) is 6.03. The summed E-state index contributed by atoms with van der Waals surface area (Å²) in [6, 6.07) is 10.5. The average Bonchev–Trinajstić information content (AvgIpc) is 2.84. The highest BCUT2D eigenvalue weighted by Gasteiger charge is 2.25. The van der Waals surface area contributed by atoms with Crippen LogP contribution in [0.5, 0.6) is 0 Å². The largest absolute Gasteiger partial charge is 0.378 e. The Morgan fingerprint density at radius 1 is 1.06 bits per heavy atom. The van der Waals surface area contributed by atoms with E-state index in [4.69, 9.17) is 28.6 Å². The van der Waals surface area contributed by atoms with E-state index in [0.29, 0.717) is 73.9 Å². The molecule has 4 rings (SSSR count). The number of nitro benzene ring substituents is 1. The highest BCUT2D eigenvalue weighted by atomic mass is 35.5. The normalized spacial score (nSPS) is 16.4. The minimum Gasteiger partial charge on any atom is -0.378 e. The molecule has 2 aliphatic rings. The van der Waals surface area contributed by atoms with E-state index in [-0.39, 0.29) is 16.5 Å². The van der Waals surface area contributed by atoms with Crippen LogP contribution in [0.3, 0.4) is 0 Å². The number of aryl methyl sites for hydroxylation is 1. The number of thiocarbonyl (C=S) groups is 1. The molecule has 0 saturated carbocycles. The summed E-state index contributed by atoms with van der Waals surface area (Å²) in [5.41, 5.74) is 3.00. The molecule has 11 heteroatoms. The summed E-state index contributed by atoms with van der Waals surface area (Å²) in [7, 11) is 0. The second kappa shape index (κ2) is 10.5. The van der Waals surface area contributed by atoms with E-state index in [9.17, 15) is 14.9 Å². The summed E-state index contributed by atoms with van der Waals surface area (Å²) >= 11 is 11.7. The van der Waals surface area contributed by atoms with E-state index in [1.54, 1.807) is 24.3 Å². The molecule has 0 unspecified atom stereocenters. The van der Waals surface area contributed by atoms with Gasteiger partial charge in [0.05, 0.1) is 28.7 Å². The molecule has 9 nitrogen and oxygen atoms in total. The van der Waals surface area contributed by atoms with Crippen LogP contribution in [0.25, 0.3) is 0 Å². The minimum atomic E-state index is -0.339. The van der Waals surface area contributed by atoms with Crippen molar-refractivity contribution in [1.82, 2.24) is 10.2 Å². The van der Waals surface area contributed by atoms with Crippen LogP contribution >= 0.6 is 23.8 Å². The van der Waals surface area contributed by atoms with Gasteiger partial charge in [0.2, 0.25) is 0 Å². The molecule has 1 N–H and O–H groups in total. The zero-order valence-electron chi connectivity index (χ0n) is 18.8. The smallest absolute Gasteiger partial charge is 0.292 e. The van der Waals surface area contributed by atoms with Gasteiger partial charge < -0.3 is 19.4 Å². The fourth-order valence-corrected chi connectivity index (χ4v) is 4.73. The number of nitrogens with one attached hydrogen (secondary N) is 1. The van der Waals surface area contributed by atoms with Crippen molar-refractivity contribution in [2.24, 2.45) is 0 Å². The van der Waals surface area contributed by atoms with E-state index in [1.807, 2.05) is 28.9 Å². The molecular formula is C23H26ClN5O4S. The van der Waals surface area contributed by atoms with Crippen molar-refractivity contribution in [1.29, 1.82) is 0 Å². The molecule has 0 atom stereocenters. The summed E-state index contributed by atoms with van der Waals surface area (Å²) in [6.07, 6.45) is 0. The second-order valence-corrected chi connectivity index (χ2v) is 9.04. The van der Waals surface area contributed by atoms with Gasteiger partial charge in [0.1, 0.15) is 5.69 Å². The number of hydrogen-bond donors (Lipinski definition) is 1. The van der Waals surface area contributed by atoms with Crippen LogP contribution in [0.15, 0.2) is 36.4 Å². The predicted octanol–water partition coefficient (Wildman–Crippen LogP) is 3.23. The molecule has 1 amide bonds. The number of carbonyl (C=O) groups excluding carboxylic acids is 1. The SMILES string of the molecule is Cc1ccc(C(=O)NC(=S)N2CCN(c3ccc([N+](=O)[O-])c(N4CCOCC4)c3)CC2)c(Cl)c1. The van der Waals surface area contributed by atoms with Crippen molar-refractivity contribution in [2.45, 2.75) is 6.92 Å². The quantitative estimate of drug-likeness (QED) is 0.386. The number of nitro groups is 1. The van der Waals surface area contributed by atoms with Crippen LogP contribution in [0.2, 0.25) is 5.02 Å². The molecule has 2 aromatic carbocycles. The fraction of sp³-hybridized carbons (Fsp3) is 0.391. The number of ether oxygens (including phenoxy) is 1. The molecule has 2 saturated heterocycles. The first-order valence-electron chi connectivity index (χ1n) is 11.1. The molecule has 0 aromatic heterocycles. The maximum absolute atomic E-state index is 12.6. The first kappa shape index (κ1) is 24.2. The lowest BCUT2D eigenvalue weighted by Gasteiger charge is -2.37. The molecule has 0 aliphatic carbocycles. The predicted molar refractivity (Wildman–Crippen MR) is 136 cm³/mol. The van der Waals surface area contributed by atoms with Gasteiger partial charge in [0.15, 0.2) is 5.11 Å². The van der Waals surface area contributed by atoms with Gasteiger partial charge in [-0.15, -0.1) is 0 Å². The summed E-state index contributed by atoms with van der Waals surface area (Å²) < 4.78 is 5.39. The number of rotatable bonds is 4. The molecule has 2 aromatic rings. The monoisotopic (exact) mass is 503 g/mol. The van der Waals surface area contributed by atoms with Crippen molar-refractivity contribution in [2.75, 3.05) is 62.3 Å². The second-order valence-electron chi connectivity index (χ2n) is 8.25. The molecule has 2 fully saturated rings. The van der Waals surface area contributed by atoms with E-state index in [0.717, 1.165) is 11.3 Å². The Morgan fingerprint density at radius 3 is 2.41 bits per heavy atom. The highest BCUT2D eigenvalue weighted by molar-refractivity contribution is 7.80. The van der Waals surface area contributed by atoms with Crippen molar-refractivity contribution < 1.29 is 14.5 Å². The van der Waals surface area contributed by atoms with Crippen LogP contribution in [-0.4, -0.2) is 73.3 Å². The molecule has 0 bridgehead atoms. The number of benzene rings is 2. The third kappa shape index (κ3) is 5.40. The summed E-state index contributed by atoms with van der Waals surface area (Å²) in [4.78, 5) is 29.9. The molecular weight excluding hydrogens is 478 g/mol. The maximum atomic E-state index is 12.6. The van der Waals surface area contributed by atoms with E-state index in [2.05, 4.69) is 10.2 Å². The zero-order valence-corrected chi connectivity index (χ0v) is 20.4. The lowest BCUT2D eigenvalue weighted by atomic mass is 10.1. The minimum absolute atomic E-state index is 0.0999. The van der Waals surface area contributed by atoms with Crippen LogP contribution < -0.4 is 15.1 Å². The molecule has 2 aliphatic heterocycles. The van der Waals surface area contributed by atoms with Crippen LogP contribution in [0, 0.1) is 17.0 Å². The molecule has 0 spiro atoms. The molecule has 180 valence electrons. The summed E-state index contributed by atoms with van der Waals surface area (Å²) in [5, 5.41) is 15.1. The van der Waals surface area contributed by atoms with Crippen molar-refractivity contribution >= 4 is 51.9 Å². The Bertz CT molecular complexity index is 1100. The number of hydrogen-bond acceptors (Lipinski definition) is 7. The van der Waals surface area contributed by atoms with Gasteiger partial charge in [-0.25, -0.2) is 0 Å². The number of morpholine rings is 1. The lowest BCUT2D eigenvalue weighted by molar-refractivity contribution is -0.384. The van der Waals surface area contributed by atoms with Gasteiger partial charge in [0.25, 0.3) is 11.6 Å². The van der Waals surface area contributed by atoms with Gasteiger partial charge in [-0.1, -0.05) is 17.7 Å². The van der Waals surface area contributed by atoms with Crippen LogP contribution in [-0.2, 0) is 4.74 Å². The summed E-state index contributed by atoms with van der Waals surface area (Å²) in [6.45, 7) is 6.83. The number of amides is 1. The number of halogens is 1. The van der Waals surface area contributed by atoms with Crippen LogP contribution in [0.4, 0.5) is 17.1 Å². The Morgan fingerprint density at radius 2 is 1.76 bits per heavy atom. The first-order valence-corrected chi connectivity index (χ1v) is 11.8. The van der Waals surface area contributed by atoms with Crippen LogP contribution in [0.1, 0.15) is 15.9 Å². The Balaban J connectivity index is 1.39. The maximum Gasteiger partial charge on any atom is 0.292 e. The summed E-state index contributed by atoms with van der Waals surface area (Å²) in [5.74, 6) is -0.331. The molecule has 0 radical (unpaired) electrons. The van der Waals surface area contributed by atoms with Gasteiger partial charge in [0, 0.05) is 51.0 Å². The van der Waals surface area contributed by atoms with Crippen molar-refractivity contribution in [3.63, 3.8) is 0 Å². The number of piperazine rings is 1. The van der Waals surface area contributed by atoms with E-state index in [1.165, 1.54) is 0 Å². The zero-order chi connectivity index (χ0) is 24.2. The third-order valence-corrected chi connectivity index (χ3v) is 6.70. The van der Waals surface area contributed by atoms with Gasteiger partial charge in [-0.3, -0.25) is 20.2 Å². The Hall–Kier alpha value is -2.95. The average molecular weight is 504 g/mol. The Kier molecular flexibility index (Phi) is 7.50. The molecule has 2 heterocycles.